The first-order valence-electron chi connectivity index (χ1n) is 6.96. The van der Waals surface area contributed by atoms with Gasteiger partial charge in [0, 0.05) is 18.6 Å². The minimum Gasteiger partial charge on any atom is -0.378 e. The van der Waals surface area contributed by atoms with Crippen LogP contribution < -0.4 is 5.32 Å². The van der Waals surface area contributed by atoms with E-state index in [2.05, 4.69) is 21.2 Å². The first-order valence-corrected chi connectivity index (χ1v) is 8.11. The minimum absolute atomic E-state index is 0.736. The normalized spacial score (nSPS) is 11.2. The molecule has 0 fully saturated rings. The van der Waals surface area contributed by atoms with Gasteiger partial charge >= 0.3 is 0 Å². The fraction of sp³-hybridized carbons (Fsp3) is 0.333. The molecule has 0 radical (unpaired) electrons. The number of nitrogens with one attached hydrogen (secondary N) is 1. The number of rotatable bonds is 4. The molecule has 3 rings (SSSR count). The van der Waals surface area contributed by atoms with Crippen LogP contribution in [0, 0.1) is 6.92 Å². The quantitative estimate of drug-likeness (QED) is 0.765. The predicted molar refractivity (Wildman–Crippen MR) is 90.4 cm³/mol. The second-order valence-corrected chi connectivity index (χ2v) is 6.15. The van der Waals surface area contributed by atoms with Crippen LogP contribution in [0.15, 0.2) is 18.2 Å². The Kier molecular flexibility index (Phi) is 3.87. The second kappa shape index (κ2) is 5.66. The van der Waals surface area contributed by atoms with E-state index in [4.69, 9.17) is 16.6 Å². The molecule has 21 heavy (non-hydrogen) atoms. The van der Waals surface area contributed by atoms with E-state index < -0.39 is 0 Å². The molecule has 2 heterocycles. The lowest BCUT2D eigenvalue weighted by molar-refractivity contribution is 0.704. The molecule has 0 aliphatic rings. The van der Waals surface area contributed by atoms with Crippen molar-refractivity contribution in [3.8, 4) is 11.4 Å². The topological polar surface area (TPSA) is 42.7 Å². The highest BCUT2D eigenvalue weighted by atomic mass is 35.5. The Balaban J connectivity index is 2.31. The number of aromatic nitrogens is 3. The third-order valence-electron chi connectivity index (χ3n) is 3.47. The van der Waals surface area contributed by atoms with Crippen LogP contribution in [0.3, 0.4) is 0 Å². The number of benzene rings is 1. The van der Waals surface area contributed by atoms with Crippen molar-refractivity contribution in [3.63, 3.8) is 0 Å². The maximum absolute atomic E-state index is 6.15. The molecule has 6 heteroatoms. The number of aryl methyl sites for hydroxylation is 2. The van der Waals surface area contributed by atoms with E-state index in [0.717, 1.165) is 51.1 Å². The molecule has 0 aliphatic carbocycles. The van der Waals surface area contributed by atoms with Crippen molar-refractivity contribution >= 4 is 39.2 Å². The molecular formula is C15H17ClN4S. The highest BCUT2D eigenvalue weighted by Gasteiger charge is 2.19. The highest BCUT2D eigenvalue weighted by Crippen LogP contribution is 2.36. The van der Waals surface area contributed by atoms with Crippen LogP contribution in [0.1, 0.15) is 19.0 Å². The summed E-state index contributed by atoms with van der Waals surface area (Å²) in [6, 6.07) is 5.84. The average molecular weight is 321 g/mol. The summed E-state index contributed by atoms with van der Waals surface area (Å²) >= 11 is 7.62. The van der Waals surface area contributed by atoms with Crippen LogP contribution >= 0.6 is 23.1 Å². The zero-order chi connectivity index (χ0) is 15.0. The lowest BCUT2D eigenvalue weighted by Gasteiger charge is -2.09. The summed E-state index contributed by atoms with van der Waals surface area (Å²) in [5, 5.41) is 5.00. The van der Waals surface area contributed by atoms with Crippen molar-refractivity contribution in [3.05, 3.63) is 28.9 Å². The monoisotopic (exact) mass is 320 g/mol. The predicted octanol–water partition coefficient (Wildman–Crippen LogP) is 4.57. The van der Waals surface area contributed by atoms with Crippen molar-refractivity contribution in [1.29, 1.82) is 0 Å². The summed E-state index contributed by atoms with van der Waals surface area (Å²) < 4.78 is 6.69. The molecule has 0 saturated heterocycles. The highest BCUT2D eigenvalue weighted by molar-refractivity contribution is 7.10. The molecular weight excluding hydrogens is 304 g/mol. The number of hydrogen-bond acceptors (Lipinski definition) is 4. The fourth-order valence-corrected chi connectivity index (χ4v) is 3.45. The third kappa shape index (κ3) is 2.40. The van der Waals surface area contributed by atoms with E-state index >= 15 is 0 Å². The number of fused-ring (bicyclic) bond motifs is 1. The summed E-state index contributed by atoms with van der Waals surface area (Å²) in [6.45, 7) is 5.10. The van der Waals surface area contributed by atoms with Crippen molar-refractivity contribution in [2.24, 2.45) is 0 Å². The molecule has 4 nitrogen and oxygen atoms in total. The molecule has 0 amide bonds. The maximum Gasteiger partial charge on any atom is 0.146 e. The molecule has 0 saturated carbocycles. The molecule has 1 N–H and O–H groups in total. The summed E-state index contributed by atoms with van der Waals surface area (Å²) in [6.07, 6.45) is 1.04. The van der Waals surface area contributed by atoms with Crippen LogP contribution in [-0.2, 0) is 6.54 Å². The molecule has 0 spiro atoms. The van der Waals surface area contributed by atoms with Gasteiger partial charge in [0.15, 0.2) is 0 Å². The first kappa shape index (κ1) is 14.4. The fourth-order valence-electron chi connectivity index (χ4n) is 2.54. The third-order valence-corrected chi connectivity index (χ3v) is 4.66. The Bertz CT molecular complexity index is 790. The zero-order valence-electron chi connectivity index (χ0n) is 12.3. The van der Waals surface area contributed by atoms with Gasteiger partial charge in [-0.25, -0.2) is 4.98 Å². The Morgan fingerprint density at radius 2 is 2.19 bits per heavy atom. The number of hydrogen-bond donors (Lipinski definition) is 1. The van der Waals surface area contributed by atoms with Crippen LogP contribution in [0.5, 0.6) is 0 Å². The van der Waals surface area contributed by atoms with E-state index in [0.29, 0.717) is 0 Å². The molecule has 0 bridgehead atoms. The Labute approximate surface area is 132 Å². The molecule has 0 aliphatic heterocycles. The minimum atomic E-state index is 0.736. The molecule has 110 valence electrons. The summed E-state index contributed by atoms with van der Waals surface area (Å²) in [5.41, 5.74) is 4.13. The average Bonchev–Trinajstić information content (AvgIpc) is 3.00. The standard InChI is InChI=1S/C15H17ClN4S/c1-4-7-20-12-8-10(16)5-6-11(12)18-14(20)13-9(2)19-21-15(13)17-3/h5-6,8,17H,4,7H2,1-3H3. The largest absolute Gasteiger partial charge is 0.378 e. The van der Waals surface area contributed by atoms with Crippen LogP contribution in [0.2, 0.25) is 5.02 Å². The number of nitrogens with zero attached hydrogens (tertiary/aromatic N) is 3. The van der Waals surface area contributed by atoms with Gasteiger partial charge in [-0.05, 0) is 43.1 Å². The lowest BCUT2D eigenvalue weighted by Crippen LogP contribution is -2.01. The summed E-state index contributed by atoms with van der Waals surface area (Å²) in [7, 11) is 1.92. The molecule has 0 atom stereocenters. The number of halogens is 1. The Morgan fingerprint density at radius 3 is 2.90 bits per heavy atom. The number of imidazole rings is 1. The Hall–Kier alpha value is -1.59. The second-order valence-electron chi connectivity index (χ2n) is 4.94. The maximum atomic E-state index is 6.15. The lowest BCUT2D eigenvalue weighted by atomic mass is 10.2. The van der Waals surface area contributed by atoms with Gasteiger partial charge < -0.3 is 9.88 Å². The van der Waals surface area contributed by atoms with E-state index in [9.17, 15) is 0 Å². The van der Waals surface area contributed by atoms with Gasteiger partial charge in [-0.15, -0.1) is 0 Å². The van der Waals surface area contributed by atoms with Gasteiger partial charge in [-0.1, -0.05) is 18.5 Å². The van der Waals surface area contributed by atoms with E-state index in [1.165, 1.54) is 11.5 Å². The van der Waals surface area contributed by atoms with Gasteiger partial charge in [0.2, 0.25) is 0 Å². The van der Waals surface area contributed by atoms with Gasteiger partial charge in [0.25, 0.3) is 0 Å². The van der Waals surface area contributed by atoms with Crippen molar-refractivity contribution < 1.29 is 0 Å². The van der Waals surface area contributed by atoms with E-state index in [1.807, 2.05) is 32.2 Å². The van der Waals surface area contributed by atoms with E-state index in [-0.39, 0.29) is 0 Å². The Morgan fingerprint density at radius 1 is 1.38 bits per heavy atom. The van der Waals surface area contributed by atoms with Crippen molar-refractivity contribution in [2.45, 2.75) is 26.8 Å². The van der Waals surface area contributed by atoms with E-state index in [1.54, 1.807) is 0 Å². The number of anilines is 1. The smallest absolute Gasteiger partial charge is 0.146 e. The van der Waals surface area contributed by atoms with Gasteiger partial charge in [0.1, 0.15) is 10.8 Å². The van der Waals surface area contributed by atoms with Crippen molar-refractivity contribution in [1.82, 2.24) is 13.9 Å². The molecule has 2 aromatic heterocycles. The van der Waals surface area contributed by atoms with Gasteiger partial charge in [-0.3, -0.25) is 0 Å². The molecule has 0 unspecified atom stereocenters. The zero-order valence-corrected chi connectivity index (χ0v) is 13.8. The van der Waals surface area contributed by atoms with Crippen LogP contribution in [0.4, 0.5) is 5.00 Å². The molecule has 1 aromatic carbocycles. The summed E-state index contributed by atoms with van der Waals surface area (Å²) in [4.78, 5) is 4.82. The first-order chi connectivity index (χ1) is 10.2. The van der Waals surface area contributed by atoms with Crippen LogP contribution in [-0.4, -0.2) is 21.0 Å². The SMILES string of the molecule is CCCn1c(-c2c(C)nsc2NC)nc2ccc(Cl)cc21. The van der Waals surface area contributed by atoms with Crippen LogP contribution in [0.25, 0.3) is 22.4 Å². The van der Waals surface area contributed by atoms with Crippen molar-refractivity contribution in [2.75, 3.05) is 12.4 Å². The van der Waals surface area contributed by atoms with Gasteiger partial charge in [0.05, 0.1) is 22.3 Å². The molecule has 3 aromatic rings. The van der Waals surface area contributed by atoms with Gasteiger partial charge in [-0.2, -0.15) is 4.37 Å². The summed E-state index contributed by atoms with van der Waals surface area (Å²) in [5.74, 6) is 0.963.